The maximum atomic E-state index is 11.4. The maximum absolute atomic E-state index is 11.4. The van der Waals surface area contributed by atoms with Gasteiger partial charge in [0, 0.05) is 0 Å². The predicted molar refractivity (Wildman–Crippen MR) is 67.3 cm³/mol. The van der Waals surface area contributed by atoms with E-state index in [9.17, 15) is 14.7 Å². The van der Waals surface area contributed by atoms with E-state index in [0.717, 1.165) is 0 Å². The number of carboxylic acids is 2. The van der Waals surface area contributed by atoms with Crippen molar-refractivity contribution in [3.63, 3.8) is 0 Å². The van der Waals surface area contributed by atoms with Crippen molar-refractivity contribution < 1.29 is 24.5 Å². The molecule has 1 aromatic rings. The summed E-state index contributed by atoms with van der Waals surface area (Å²) in [5, 5.41) is 18.3. The highest BCUT2D eigenvalue weighted by Crippen LogP contribution is 2.54. The van der Waals surface area contributed by atoms with Crippen LogP contribution in [-0.2, 0) is 15.0 Å². The zero-order valence-corrected chi connectivity index (χ0v) is 10.8. The minimum absolute atomic E-state index is 0.0342. The number of hydrogen-bond acceptors (Lipinski definition) is 3. The molecule has 102 valence electrons. The summed E-state index contributed by atoms with van der Waals surface area (Å²) >= 11 is 0. The van der Waals surface area contributed by atoms with Crippen LogP contribution in [0.5, 0.6) is 5.75 Å². The van der Waals surface area contributed by atoms with Gasteiger partial charge in [-0.25, -0.2) is 0 Å². The van der Waals surface area contributed by atoms with Crippen molar-refractivity contribution in [3.05, 3.63) is 29.8 Å². The van der Waals surface area contributed by atoms with Crippen molar-refractivity contribution in [2.45, 2.75) is 31.8 Å². The van der Waals surface area contributed by atoms with Gasteiger partial charge >= 0.3 is 11.9 Å². The van der Waals surface area contributed by atoms with Gasteiger partial charge in [-0.15, -0.1) is 0 Å². The Kier molecular flexibility index (Phi) is 3.22. The third kappa shape index (κ3) is 2.28. The highest BCUT2D eigenvalue weighted by atomic mass is 16.5. The first-order valence-electron chi connectivity index (χ1n) is 6.11. The van der Waals surface area contributed by atoms with Gasteiger partial charge in [-0.3, -0.25) is 9.59 Å². The Morgan fingerprint density at radius 1 is 1.26 bits per heavy atom. The molecule has 5 nitrogen and oxygen atoms in total. The van der Waals surface area contributed by atoms with Gasteiger partial charge in [0.15, 0.2) is 0 Å². The molecular formula is C14H16O5. The first-order valence-corrected chi connectivity index (χ1v) is 6.11. The molecule has 1 aromatic carbocycles. The molecule has 1 aliphatic rings. The van der Waals surface area contributed by atoms with Gasteiger partial charge in [-0.1, -0.05) is 12.1 Å². The Balaban J connectivity index is 2.26. The molecule has 0 aromatic heterocycles. The fourth-order valence-corrected chi connectivity index (χ4v) is 2.34. The molecule has 1 fully saturated rings. The number of carboxylic acid groups (broad SMARTS) is 2. The standard InChI is InChI=1S/C14H16O5/c1-8(2)19-10-5-3-9(4-6-10)14(13(17)18)7-11(14)12(15)16/h3-6,8,11H,7H2,1-2H3,(H,15,16)(H,17,18). The van der Waals surface area contributed by atoms with Crippen LogP contribution in [0.3, 0.4) is 0 Å². The molecule has 0 heterocycles. The van der Waals surface area contributed by atoms with Crippen molar-refractivity contribution in [1.82, 2.24) is 0 Å². The van der Waals surface area contributed by atoms with E-state index in [2.05, 4.69) is 0 Å². The van der Waals surface area contributed by atoms with E-state index < -0.39 is 23.3 Å². The first kappa shape index (κ1) is 13.4. The zero-order valence-electron chi connectivity index (χ0n) is 10.8. The zero-order chi connectivity index (χ0) is 14.2. The van der Waals surface area contributed by atoms with E-state index in [1.165, 1.54) is 0 Å². The number of aliphatic carboxylic acids is 2. The fraction of sp³-hybridized carbons (Fsp3) is 0.429. The van der Waals surface area contributed by atoms with Crippen molar-refractivity contribution in [1.29, 1.82) is 0 Å². The molecule has 0 spiro atoms. The predicted octanol–water partition coefficient (Wildman–Crippen LogP) is 1.90. The molecule has 0 saturated heterocycles. The van der Waals surface area contributed by atoms with Gasteiger partial charge in [0.1, 0.15) is 11.2 Å². The lowest BCUT2D eigenvalue weighted by atomic mass is 9.93. The molecule has 2 rings (SSSR count). The lowest BCUT2D eigenvalue weighted by molar-refractivity contribution is -0.145. The van der Waals surface area contributed by atoms with E-state index in [-0.39, 0.29) is 12.5 Å². The molecule has 1 aliphatic carbocycles. The maximum Gasteiger partial charge on any atom is 0.315 e. The Bertz CT molecular complexity index is 505. The summed E-state index contributed by atoms with van der Waals surface area (Å²) in [5.41, 5.74) is -0.758. The van der Waals surface area contributed by atoms with Crippen LogP contribution in [0.25, 0.3) is 0 Å². The molecule has 2 unspecified atom stereocenters. The van der Waals surface area contributed by atoms with Crippen molar-refractivity contribution in [2.24, 2.45) is 5.92 Å². The molecular weight excluding hydrogens is 248 g/mol. The topological polar surface area (TPSA) is 83.8 Å². The Morgan fingerprint density at radius 2 is 1.84 bits per heavy atom. The highest BCUT2D eigenvalue weighted by molar-refractivity contribution is 5.94. The van der Waals surface area contributed by atoms with Crippen LogP contribution in [0.15, 0.2) is 24.3 Å². The average molecular weight is 264 g/mol. The number of carbonyl (C=O) groups is 2. The summed E-state index contributed by atoms with van der Waals surface area (Å²) in [6.07, 6.45) is 0.175. The summed E-state index contributed by atoms with van der Waals surface area (Å²) in [6.45, 7) is 3.79. The minimum Gasteiger partial charge on any atom is -0.491 e. The average Bonchev–Trinajstić information content (AvgIpc) is 3.06. The van der Waals surface area contributed by atoms with Crippen LogP contribution in [0.2, 0.25) is 0 Å². The minimum atomic E-state index is -1.28. The van der Waals surface area contributed by atoms with Crippen LogP contribution in [0.4, 0.5) is 0 Å². The van der Waals surface area contributed by atoms with Crippen molar-refractivity contribution in [2.75, 3.05) is 0 Å². The van der Waals surface area contributed by atoms with Crippen LogP contribution in [0, 0.1) is 5.92 Å². The number of ether oxygens (including phenoxy) is 1. The van der Waals surface area contributed by atoms with Gasteiger partial charge in [-0.05, 0) is 38.0 Å². The largest absolute Gasteiger partial charge is 0.491 e. The molecule has 0 amide bonds. The summed E-state index contributed by atoms with van der Waals surface area (Å²) in [7, 11) is 0. The molecule has 0 radical (unpaired) electrons. The quantitative estimate of drug-likeness (QED) is 0.848. The summed E-state index contributed by atoms with van der Waals surface area (Å²) in [6, 6.07) is 6.62. The van der Waals surface area contributed by atoms with Crippen LogP contribution >= 0.6 is 0 Å². The monoisotopic (exact) mass is 264 g/mol. The Labute approximate surface area is 110 Å². The smallest absolute Gasteiger partial charge is 0.315 e. The summed E-state index contributed by atoms with van der Waals surface area (Å²) in [5.74, 6) is -2.35. The van der Waals surface area contributed by atoms with Crippen molar-refractivity contribution >= 4 is 11.9 Å². The Hall–Kier alpha value is -2.04. The van der Waals surface area contributed by atoms with Crippen LogP contribution in [-0.4, -0.2) is 28.3 Å². The first-order chi connectivity index (χ1) is 8.87. The SMILES string of the molecule is CC(C)Oc1ccc(C2(C(=O)O)CC2C(=O)O)cc1. The van der Waals surface area contributed by atoms with Gasteiger partial charge in [-0.2, -0.15) is 0 Å². The van der Waals surface area contributed by atoms with E-state index in [1.807, 2.05) is 13.8 Å². The lowest BCUT2D eigenvalue weighted by Crippen LogP contribution is -2.25. The molecule has 1 saturated carbocycles. The second-order valence-electron chi connectivity index (χ2n) is 5.06. The number of hydrogen-bond donors (Lipinski definition) is 2. The van der Waals surface area contributed by atoms with Gasteiger partial charge in [0.05, 0.1) is 12.0 Å². The molecule has 0 bridgehead atoms. The van der Waals surface area contributed by atoms with E-state index in [1.54, 1.807) is 24.3 Å². The number of rotatable bonds is 5. The van der Waals surface area contributed by atoms with E-state index >= 15 is 0 Å². The molecule has 2 atom stereocenters. The van der Waals surface area contributed by atoms with Crippen LogP contribution < -0.4 is 4.74 Å². The fourth-order valence-electron chi connectivity index (χ4n) is 2.34. The van der Waals surface area contributed by atoms with E-state index in [4.69, 9.17) is 9.84 Å². The van der Waals surface area contributed by atoms with Crippen LogP contribution in [0.1, 0.15) is 25.8 Å². The summed E-state index contributed by atoms with van der Waals surface area (Å²) < 4.78 is 5.47. The van der Waals surface area contributed by atoms with Gasteiger partial charge in [0.2, 0.25) is 0 Å². The molecule has 19 heavy (non-hydrogen) atoms. The second kappa shape index (κ2) is 4.57. The highest BCUT2D eigenvalue weighted by Gasteiger charge is 2.65. The molecule has 2 N–H and O–H groups in total. The normalized spacial score (nSPS) is 25.1. The lowest BCUT2D eigenvalue weighted by Gasteiger charge is -2.14. The van der Waals surface area contributed by atoms with E-state index in [0.29, 0.717) is 11.3 Å². The van der Waals surface area contributed by atoms with Gasteiger partial charge in [0.25, 0.3) is 0 Å². The molecule has 5 heteroatoms. The number of benzene rings is 1. The third-order valence-corrected chi connectivity index (χ3v) is 3.38. The Morgan fingerprint density at radius 3 is 2.21 bits per heavy atom. The second-order valence-corrected chi connectivity index (χ2v) is 5.06. The third-order valence-electron chi connectivity index (χ3n) is 3.38. The summed E-state index contributed by atoms with van der Waals surface area (Å²) in [4.78, 5) is 22.3. The molecule has 0 aliphatic heterocycles. The van der Waals surface area contributed by atoms with Gasteiger partial charge < -0.3 is 14.9 Å². The van der Waals surface area contributed by atoms with Crippen molar-refractivity contribution in [3.8, 4) is 5.75 Å².